The minimum atomic E-state index is 0.742. The molecule has 0 saturated heterocycles. The van der Waals surface area contributed by atoms with Gasteiger partial charge in [-0.1, -0.05) is 37.6 Å². The normalized spacial score (nSPS) is 10.4. The molecule has 2 heteroatoms. The summed E-state index contributed by atoms with van der Waals surface area (Å²) in [5.74, 6) is 0. The topological polar surface area (TPSA) is 52.0 Å². The molecular formula is C15H18N2. The van der Waals surface area contributed by atoms with Gasteiger partial charge in [-0.05, 0) is 35.7 Å². The lowest BCUT2D eigenvalue weighted by atomic mass is 10.0. The molecule has 0 aliphatic rings. The second-order valence-corrected chi connectivity index (χ2v) is 4.29. The predicted octanol–water partition coefficient (Wildman–Crippen LogP) is 3.47. The highest BCUT2D eigenvalue weighted by atomic mass is 14.6. The Labute approximate surface area is 102 Å². The first kappa shape index (κ1) is 11.5. The summed E-state index contributed by atoms with van der Waals surface area (Å²) in [6.07, 6.45) is 2.28. The Balaban J connectivity index is 2.36. The Hall–Kier alpha value is -1.96. The number of nitrogens with two attached hydrogens (primary N) is 2. The van der Waals surface area contributed by atoms with Gasteiger partial charge in [-0.15, -0.1) is 0 Å². The maximum atomic E-state index is 5.96. The van der Waals surface area contributed by atoms with Crippen LogP contribution in [-0.2, 0) is 6.42 Å². The first-order valence-corrected chi connectivity index (χ1v) is 5.95. The molecule has 0 amide bonds. The minimum absolute atomic E-state index is 0.742. The van der Waals surface area contributed by atoms with E-state index in [1.807, 2.05) is 18.2 Å². The maximum absolute atomic E-state index is 5.96. The van der Waals surface area contributed by atoms with Crippen LogP contribution in [0, 0.1) is 0 Å². The van der Waals surface area contributed by atoms with Crippen LogP contribution in [0.3, 0.4) is 0 Å². The lowest BCUT2D eigenvalue weighted by Gasteiger charge is -2.08. The van der Waals surface area contributed by atoms with Crippen molar-refractivity contribution in [2.75, 3.05) is 11.5 Å². The lowest BCUT2D eigenvalue weighted by molar-refractivity contribution is 0.922. The average molecular weight is 226 g/mol. The molecule has 0 unspecified atom stereocenters. The molecule has 2 aromatic rings. The van der Waals surface area contributed by atoms with Crippen LogP contribution in [0.15, 0.2) is 42.5 Å². The molecule has 0 radical (unpaired) electrons. The van der Waals surface area contributed by atoms with Gasteiger partial charge in [0.15, 0.2) is 0 Å². The Morgan fingerprint density at radius 3 is 2.29 bits per heavy atom. The molecule has 0 aliphatic carbocycles. The fourth-order valence-corrected chi connectivity index (χ4v) is 1.96. The van der Waals surface area contributed by atoms with Crippen LogP contribution in [0.4, 0.5) is 11.4 Å². The van der Waals surface area contributed by atoms with Crippen molar-refractivity contribution in [2.45, 2.75) is 19.8 Å². The minimum Gasteiger partial charge on any atom is -0.399 e. The number of rotatable bonds is 3. The third-order valence-corrected chi connectivity index (χ3v) is 2.88. The van der Waals surface area contributed by atoms with Crippen LogP contribution < -0.4 is 11.5 Å². The molecule has 88 valence electrons. The quantitative estimate of drug-likeness (QED) is 0.787. The highest BCUT2D eigenvalue weighted by Crippen LogP contribution is 2.28. The molecule has 0 spiro atoms. The van der Waals surface area contributed by atoms with Gasteiger partial charge in [0.1, 0.15) is 0 Å². The van der Waals surface area contributed by atoms with E-state index in [0.717, 1.165) is 28.9 Å². The van der Waals surface area contributed by atoms with E-state index in [9.17, 15) is 0 Å². The molecular weight excluding hydrogens is 208 g/mol. The molecule has 17 heavy (non-hydrogen) atoms. The van der Waals surface area contributed by atoms with E-state index in [1.165, 1.54) is 12.0 Å². The summed E-state index contributed by atoms with van der Waals surface area (Å²) in [5.41, 5.74) is 16.7. The fourth-order valence-electron chi connectivity index (χ4n) is 1.96. The number of hydrogen-bond acceptors (Lipinski definition) is 2. The zero-order chi connectivity index (χ0) is 12.3. The van der Waals surface area contributed by atoms with Crippen molar-refractivity contribution in [3.05, 3.63) is 48.0 Å². The van der Waals surface area contributed by atoms with Gasteiger partial charge in [0.05, 0.1) is 0 Å². The predicted molar refractivity (Wildman–Crippen MR) is 74.7 cm³/mol. The van der Waals surface area contributed by atoms with Gasteiger partial charge in [-0.2, -0.15) is 0 Å². The summed E-state index contributed by atoms with van der Waals surface area (Å²) >= 11 is 0. The molecule has 4 N–H and O–H groups in total. The van der Waals surface area contributed by atoms with Crippen molar-refractivity contribution >= 4 is 11.4 Å². The zero-order valence-corrected chi connectivity index (χ0v) is 10.1. The van der Waals surface area contributed by atoms with Gasteiger partial charge in [-0.25, -0.2) is 0 Å². The smallest absolute Gasteiger partial charge is 0.0395 e. The van der Waals surface area contributed by atoms with Crippen molar-refractivity contribution < 1.29 is 0 Å². The van der Waals surface area contributed by atoms with E-state index in [-0.39, 0.29) is 0 Å². The number of anilines is 2. The van der Waals surface area contributed by atoms with Crippen LogP contribution in [0.2, 0.25) is 0 Å². The number of nitrogen functional groups attached to an aromatic ring is 2. The Morgan fingerprint density at radius 2 is 1.65 bits per heavy atom. The number of hydrogen-bond donors (Lipinski definition) is 2. The third-order valence-electron chi connectivity index (χ3n) is 2.88. The van der Waals surface area contributed by atoms with Crippen molar-refractivity contribution in [3.8, 4) is 11.1 Å². The summed E-state index contributed by atoms with van der Waals surface area (Å²) in [6, 6.07) is 14.1. The summed E-state index contributed by atoms with van der Waals surface area (Å²) in [5, 5.41) is 0. The highest BCUT2D eigenvalue weighted by Gasteiger charge is 2.03. The van der Waals surface area contributed by atoms with Crippen LogP contribution >= 0.6 is 0 Å². The summed E-state index contributed by atoms with van der Waals surface area (Å²) in [7, 11) is 0. The fraction of sp³-hybridized carbons (Fsp3) is 0.200. The van der Waals surface area contributed by atoms with Gasteiger partial charge >= 0.3 is 0 Å². The lowest BCUT2D eigenvalue weighted by Crippen LogP contribution is -1.93. The average Bonchev–Trinajstić information content (AvgIpc) is 2.34. The molecule has 2 rings (SSSR count). The Morgan fingerprint density at radius 1 is 0.941 bits per heavy atom. The SMILES string of the molecule is CCCc1ccc(-c2cc(N)ccc2N)cc1. The largest absolute Gasteiger partial charge is 0.399 e. The first-order chi connectivity index (χ1) is 8.20. The van der Waals surface area contributed by atoms with Gasteiger partial charge in [-0.3, -0.25) is 0 Å². The van der Waals surface area contributed by atoms with Crippen molar-refractivity contribution in [1.82, 2.24) is 0 Å². The molecule has 0 saturated carbocycles. The van der Waals surface area contributed by atoms with E-state index < -0.39 is 0 Å². The molecule has 2 nitrogen and oxygen atoms in total. The number of aryl methyl sites for hydroxylation is 1. The summed E-state index contributed by atoms with van der Waals surface area (Å²) < 4.78 is 0. The molecule has 2 aromatic carbocycles. The monoisotopic (exact) mass is 226 g/mol. The van der Waals surface area contributed by atoms with Crippen molar-refractivity contribution in [3.63, 3.8) is 0 Å². The summed E-state index contributed by atoms with van der Waals surface area (Å²) in [4.78, 5) is 0. The molecule has 0 fully saturated rings. The Bertz CT molecular complexity index is 501. The van der Waals surface area contributed by atoms with Crippen molar-refractivity contribution in [1.29, 1.82) is 0 Å². The van der Waals surface area contributed by atoms with Crippen molar-refractivity contribution in [2.24, 2.45) is 0 Å². The second-order valence-electron chi connectivity index (χ2n) is 4.29. The highest BCUT2D eigenvalue weighted by molar-refractivity contribution is 5.79. The van der Waals surface area contributed by atoms with E-state index in [4.69, 9.17) is 11.5 Å². The van der Waals surface area contributed by atoms with E-state index in [1.54, 1.807) is 0 Å². The molecule has 0 heterocycles. The maximum Gasteiger partial charge on any atom is 0.0395 e. The van der Waals surface area contributed by atoms with Crippen LogP contribution in [-0.4, -0.2) is 0 Å². The first-order valence-electron chi connectivity index (χ1n) is 5.95. The van der Waals surface area contributed by atoms with E-state index >= 15 is 0 Å². The molecule has 0 aromatic heterocycles. The zero-order valence-electron chi connectivity index (χ0n) is 10.1. The standard InChI is InChI=1S/C15H18N2/c1-2-3-11-4-6-12(7-5-11)14-10-13(16)8-9-15(14)17/h4-10H,2-3,16-17H2,1H3. The Kier molecular flexibility index (Phi) is 3.33. The second kappa shape index (κ2) is 4.91. The van der Waals surface area contributed by atoms with Gasteiger partial charge in [0, 0.05) is 16.9 Å². The van der Waals surface area contributed by atoms with Crippen LogP contribution in [0.25, 0.3) is 11.1 Å². The third kappa shape index (κ3) is 2.59. The van der Waals surface area contributed by atoms with Crippen LogP contribution in [0.1, 0.15) is 18.9 Å². The van der Waals surface area contributed by atoms with Gasteiger partial charge in [0.2, 0.25) is 0 Å². The molecule has 0 aliphatic heterocycles. The molecule has 0 atom stereocenters. The van der Waals surface area contributed by atoms with Crippen LogP contribution in [0.5, 0.6) is 0 Å². The van der Waals surface area contributed by atoms with E-state index in [2.05, 4.69) is 31.2 Å². The van der Waals surface area contributed by atoms with Gasteiger partial charge in [0.25, 0.3) is 0 Å². The summed E-state index contributed by atoms with van der Waals surface area (Å²) in [6.45, 7) is 2.18. The van der Waals surface area contributed by atoms with E-state index in [0.29, 0.717) is 0 Å². The van der Waals surface area contributed by atoms with Gasteiger partial charge < -0.3 is 11.5 Å². The molecule has 0 bridgehead atoms. The number of benzene rings is 2.